The Hall–Kier alpha value is -5.22. The molecule has 0 atom stereocenters. The third-order valence-corrected chi connectivity index (χ3v) is 7.24. The second-order valence-electron chi connectivity index (χ2n) is 10.1. The van der Waals surface area contributed by atoms with Gasteiger partial charge in [0.2, 0.25) is 37.2 Å². The van der Waals surface area contributed by atoms with E-state index in [1.54, 1.807) is 21.9 Å². The van der Waals surface area contributed by atoms with Crippen molar-refractivity contribution in [2.24, 2.45) is 0 Å². The summed E-state index contributed by atoms with van der Waals surface area (Å²) in [5, 5.41) is 0. The first-order valence-electron chi connectivity index (χ1n) is 13.5. The first kappa shape index (κ1) is 28.9. The van der Waals surface area contributed by atoms with Gasteiger partial charge in [-0.1, -0.05) is 0 Å². The third-order valence-electron chi connectivity index (χ3n) is 7.24. The van der Waals surface area contributed by atoms with E-state index in [0.29, 0.717) is 23.0 Å². The van der Waals surface area contributed by atoms with E-state index < -0.39 is 49.0 Å². The predicted molar refractivity (Wildman–Crippen MR) is 142 cm³/mol. The molecule has 44 heavy (non-hydrogen) atoms. The average Bonchev–Trinajstić information content (AvgIpc) is 3.67. The minimum absolute atomic E-state index is 0.0468. The van der Waals surface area contributed by atoms with Crippen LogP contribution < -0.4 is 18.9 Å². The van der Waals surface area contributed by atoms with Gasteiger partial charge in [-0.25, -0.2) is 19.4 Å². The molecule has 2 saturated heterocycles. The Kier molecular flexibility index (Phi) is 7.99. The zero-order valence-electron chi connectivity index (χ0n) is 23.2. The highest BCUT2D eigenvalue weighted by molar-refractivity contribution is 6.00. The minimum atomic E-state index is -0.734. The van der Waals surface area contributed by atoms with Gasteiger partial charge in [-0.2, -0.15) is 0 Å². The molecule has 0 spiro atoms. The van der Waals surface area contributed by atoms with Crippen LogP contribution in [0.5, 0.6) is 23.0 Å². The number of carbonyl (C=O) groups is 6. The largest absolute Gasteiger partial charge is 0.454 e. The van der Waals surface area contributed by atoms with Crippen LogP contribution in [-0.2, 0) is 28.7 Å². The quantitative estimate of drug-likeness (QED) is 0.261. The molecule has 2 fully saturated rings. The molecule has 0 N–H and O–H groups in total. The zero-order valence-corrected chi connectivity index (χ0v) is 23.2. The van der Waals surface area contributed by atoms with Gasteiger partial charge in [-0.05, 0) is 36.4 Å². The van der Waals surface area contributed by atoms with Crippen molar-refractivity contribution < 1.29 is 57.2 Å². The molecule has 0 aliphatic carbocycles. The molecule has 16 heteroatoms. The smallest absolute Gasteiger partial charge is 0.340 e. The highest BCUT2D eigenvalue weighted by Gasteiger charge is 2.35. The van der Waals surface area contributed by atoms with E-state index in [0.717, 1.165) is 9.80 Å². The van der Waals surface area contributed by atoms with Crippen LogP contribution >= 0.6 is 0 Å². The van der Waals surface area contributed by atoms with Gasteiger partial charge in [0.05, 0.1) is 37.3 Å². The molecule has 4 aliphatic heterocycles. The van der Waals surface area contributed by atoms with Gasteiger partial charge >= 0.3 is 11.9 Å². The van der Waals surface area contributed by atoms with Gasteiger partial charge in [0.1, 0.15) is 0 Å². The highest BCUT2D eigenvalue weighted by Crippen LogP contribution is 2.33. The molecular weight excluding hydrogens is 584 g/mol. The monoisotopic (exact) mass is 610 g/mol. The molecule has 0 aromatic heterocycles. The van der Waals surface area contributed by atoms with Crippen LogP contribution in [0.15, 0.2) is 36.4 Å². The number of fused-ring (bicyclic) bond motifs is 2. The van der Waals surface area contributed by atoms with Gasteiger partial charge < -0.3 is 28.4 Å². The summed E-state index contributed by atoms with van der Waals surface area (Å²) in [6.45, 7) is -1.02. The lowest BCUT2D eigenvalue weighted by Gasteiger charge is -2.35. The number of benzene rings is 2. The minimum Gasteiger partial charge on any atom is -0.454 e. The van der Waals surface area contributed by atoms with Crippen molar-refractivity contribution in [3.8, 4) is 23.0 Å². The Morgan fingerprint density at radius 3 is 1.32 bits per heavy atom. The molecule has 6 rings (SSSR count). The maximum Gasteiger partial charge on any atom is 0.340 e. The summed E-state index contributed by atoms with van der Waals surface area (Å²) in [4.78, 5) is 80.3. The molecule has 2 aromatic carbocycles. The molecule has 2 aromatic rings. The van der Waals surface area contributed by atoms with Crippen LogP contribution in [0.25, 0.3) is 0 Å². The van der Waals surface area contributed by atoms with Crippen molar-refractivity contribution in [3.05, 3.63) is 47.5 Å². The SMILES string of the molecule is O=C(OCN1C(=O)CN(CCN2CC(=O)N(COC(=O)c3ccc4c(c3)OCO4)C(=O)C2)CC1=O)c1ccc2c(c1)OCO2. The lowest BCUT2D eigenvalue weighted by Crippen LogP contribution is -2.58. The first-order valence-corrected chi connectivity index (χ1v) is 13.5. The fourth-order valence-electron chi connectivity index (χ4n) is 4.84. The number of rotatable bonds is 9. The first-order chi connectivity index (χ1) is 21.2. The fourth-order valence-corrected chi connectivity index (χ4v) is 4.84. The van der Waals surface area contributed by atoms with E-state index in [1.807, 2.05) is 0 Å². The molecule has 4 amide bonds. The van der Waals surface area contributed by atoms with Crippen molar-refractivity contribution in [3.63, 3.8) is 0 Å². The number of hydrogen-bond acceptors (Lipinski definition) is 14. The summed E-state index contributed by atoms with van der Waals surface area (Å²) in [5.41, 5.74) is 0.361. The van der Waals surface area contributed by atoms with Crippen molar-refractivity contribution in [2.45, 2.75) is 0 Å². The number of imide groups is 2. The third kappa shape index (κ3) is 6.11. The van der Waals surface area contributed by atoms with E-state index in [4.69, 9.17) is 28.4 Å². The number of carbonyl (C=O) groups excluding carboxylic acids is 6. The van der Waals surface area contributed by atoms with Crippen LogP contribution in [0, 0.1) is 0 Å². The van der Waals surface area contributed by atoms with Gasteiger partial charge in [-0.3, -0.25) is 29.0 Å². The van der Waals surface area contributed by atoms with Crippen LogP contribution in [0.3, 0.4) is 0 Å². The summed E-state index contributed by atoms with van der Waals surface area (Å²) in [5.74, 6) is -1.90. The normalized spacial score (nSPS) is 18.2. The average molecular weight is 611 g/mol. The molecular formula is C28H26N4O12. The van der Waals surface area contributed by atoms with E-state index in [-0.39, 0.29) is 64.0 Å². The Morgan fingerprint density at radius 1 is 0.568 bits per heavy atom. The van der Waals surface area contributed by atoms with Crippen molar-refractivity contribution in [1.29, 1.82) is 0 Å². The second kappa shape index (κ2) is 12.2. The molecule has 4 aliphatic rings. The Labute approximate surface area is 249 Å². The van der Waals surface area contributed by atoms with Crippen LogP contribution in [0.4, 0.5) is 0 Å². The number of nitrogens with zero attached hydrogens (tertiary/aromatic N) is 4. The Balaban J connectivity index is 0.931. The lowest BCUT2D eigenvalue weighted by molar-refractivity contribution is -0.159. The van der Waals surface area contributed by atoms with E-state index >= 15 is 0 Å². The van der Waals surface area contributed by atoms with Crippen molar-refractivity contribution in [1.82, 2.24) is 19.6 Å². The maximum atomic E-state index is 12.7. The van der Waals surface area contributed by atoms with Crippen LogP contribution in [0.1, 0.15) is 20.7 Å². The molecule has 0 unspecified atom stereocenters. The van der Waals surface area contributed by atoms with Crippen molar-refractivity contribution in [2.75, 3.05) is 66.3 Å². The van der Waals surface area contributed by atoms with E-state index in [2.05, 4.69) is 0 Å². The fraction of sp³-hybridized carbons (Fsp3) is 0.357. The molecule has 0 bridgehead atoms. The number of hydrogen-bond donors (Lipinski definition) is 0. The topological polar surface area (TPSA) is 171 Å². The Morgan fingerprint density at radius 2 is 0.932 bits per heavy atom. The van der Waals surface area contributed by atoms with Gasteiger partial charge in [0.15, 0.2) is 36.5 Å². The van der Waals surface area contributed by atoms with Gasteiger partial charge in [0, 0.05) is 13.1 Å². The predicted octanol–water partition coefficient (Wildman–Crippen LogP) is -0.586. The maximum absolute atomic E-state index is 12.7. The number of piperazine rings is 2. The molecule has 16 nitrogen and oxygen atoms in total. The summed E-state index contributed by atoms with van der Waals surface area (Å²) in [6.07, 6.45) is 0. The zero-order chi connectivity index (χ0) is 30.8. The summed E-state index contributed by atoms with van der Waals surface area (Å²) >= 11 is 0. The van der Waals surface area contributed by atoms with E-state index in [9.17, 15) is 28.8 Å². The number of ether oxygens (including phenoxy) is 6. The van der Waals surface area contributed by atoms with E-state index in [1.165, 1.54) is 24.3 Å². The molecule has 230 valence electrons. The van der Waals surface area contributed by atoms with Gasteiger partial charge in [-0.15, -0.1) is 0 Å². The standard InChI is InChI=1S/C28H26N4O12/c33-23-9-29(10-24(34)31(23)13-39-27(37)17-1-3-19-21(7-17)43-15-41-19)5-6-30-11-25(35)32(26(36)12-30)14-40-28(38)18-2-4-20-22(8-18)44-16-42-20/h1-4,7-8H,5-6,9-16H2. The van der Waals surface area contributed by atoms with Crippen LogP contribution in [0.2, 0.25) is 0 Å². The highest BCUT2D eigenvalue weighted by atomic mass is 16.7. The van der Waals surface area contributed by atoms with Crippen LogP contribution in [-0.4, -0.2) is 121 Å². The lowest BCUT2D eigenvalue weighted by atomic mass is 10.2. The number of amides is 4. The van der Waals surface area contributed by atoms with Crippen molar-refractivity contribution >= 4 is 35.6 Å². The summed E-state index contributed by atoms with van der Waals surface area (Å²) < 4.78 is 31.2. The second-order valence-corrected chi connectivity index (χ2v) is 10.1. The number of esters is 2. The Bertz CT molecular complexity index is 1390. The molecule has 0 radical (unpaired) electrons. The summed E-state index contributed by atoms with van der Waals surface area (Å²) in [7, 11) is 0. The molecule has 0 saturated carbocycles. The summed E-state index contributed by atoms with van der Waals surface area (Å²) in [6, 6.07) is 9.00. The molecule has 4 heterocycles. The van der Waals surface area contributed by atoms with Gasteiger partial charge in [0.25, 0.3) is 0 Å².